The van der Waals surface area contributed by atoms with E-state index in [0.29, 0.717) is 17.1 Å². The van der Waals surface area contributed by atoms with Gasteiger partial charge in [0.25, 0.3) is 0 Å². The molecule has 0 aliphatic heterocycles. The van der Waals surface area contributed by atoms with Gasteiger partial charge in [-0.15, -0.1) is 0 Å². The predicted octanol–water partition coefficient (Wildman–Crippen LogP) is -2.23. The fourth-order valence-electron chi connectivity index (χ4n) is 1.37. The number of hydrogen-bond acceptors (Lipinski definition) is 2. The van der Waals surface area contributed by atoms with E-state index >= 15 is 0 Å². The van der Waals surface area contributed by atoms with Crippen LogP contribution in [0.1, 0.15) is 13.3 Å². The zero-order chi connectivity index (χ0) is 7.82. The summed E-state index contributed by atoms with van der Waals surface area (Å²) in [5.74, 6) is 0. The Hall–Kier alpha value is 0.788. The fraction of sp³-hybridized carbons (Fsp3) is 1.00. The summed E-state index contributed by atoms with van der Waals surface area (Å²) in [5.41, 5.74) is 5.49. The van der Waals surface area contributed by atoms with Crippen molar-refractivity contribution in [3.8, 4) is 0 Å². The molecule has 0 saturated heterocycles. The lowest BCUT2D eigenvalue weighted by atomic mass is 10.5. The Labute approximate surface area is 79.3 Å². The molecule has 0 fully saturated rings. The molecule has 0 saturated carbocycles. The lowest BCUT2D eigenvalue weighted by molar-refractivity contribution is 0.921. The molecule has 0 aromatic heterocycles. The van der Waals surface area contributed by atoms with Gasteiger partial charge in [-0.2, -0.15) is 0 Å². The second kappa shape index (κ2) is 10.8. The Bertz CT molecular complexity index is 73.5. The molecule has 2 nitrogen and oxygen atoms in total. The number of nitrogens with two attached hydrogens (primary N) is 1. The van der Waals surface area contributed by atoms with E-state index in [1.807, 2.05) is 0 Å². The Balaban J connectivity index is 0. The molecule has 0 bridgehead atoms. The van der Waals surface area contributed by atoms with Crippen LogP contribution in [0.5, 0.6) is 0 Å². The number of hydrogen-bond donors (Lipinski definition) is 2. The van der Waals surface area contributed by atoms with Crippen molar-refractivity contribution in [3.05, 3.63) is 0 Å². The van der Waals surface area contributed by atoms with Crippen LogP contribution in [0.2, 0.25) is 12.1 Å². The van der Waals surface area contributed by atoms with Crippen molar-refractivity contribution in [2.45, 2.75) is 25.4 Å². The van der Waals surface area contributed by atoms with Gasteiger partial charge in [0.15, 0.2) is 0 Å². The van der Waals surface area contributed by atoms with Crippen LogP contribution in [0.25, 0.3) is 0 Å². The monoisotopic (exact) mass is 224 g/mol. The van der Waals surface area contributed by atoms with Gasteiger partial charge in [0.2, 0.25) is 0 Å². The highest BCUT2D eigenvalue weighted by Crippen LogP contribution is 1.99. The van der Waals surface area contributed by atoms with Gasteiger partial charge < -0.3 is 11.9 Å². The van der Waals surface area contributed by atoms with Gasteiger partial charge in [-0.25, -0.2) is 0 Å². The molecule has 11 heavy (non-hydrogen) atoms. The molecule has 0 rings (SSSR count). The largest absolute Gasteiger partial charge is 0.344 e. The molecular formula is C5H24N2Si4. The predicted molar refractivity (Wildman–Crippen MR) is 68.2 cm³/mol. The van der Waals surface area contributed by atoms with Crippen LogP contribution in [0, 0.1) is 0 Å². The van der Waals surface area contributed by atoms with Crippen molar-refractivity contribution in [3.63, 3.8) is 0 Å². The minimum absolute atomic E-state index is 0. The third-order valence-corrected chi connectivity index (χ3v) is 41.1. The molecule has 0 aromatic carbocycles. The van der Waals surface area contributed by atoms with Crippen molar-refractivity contribution in [1.82, 2.24) is 6.15 Å². The van der Waals surface area contributed by atoms with Crippen LogP contribution in [-0.4, -0.2) is 41.7 Å². The number of rotatable bonds is 6. The summed E-state index contributed by atoms with van der Waals surface area (Å²) < 4.78 is 0. The van der Waals surface area contributed by atoms with Crippen LogP contribution >= 0.6 is 0 Å². The van der Waals surface area contributed by atoms with Crippen LogP contribution in [0.3, 0.4) is 0 Å². The van der Waals surface area contributed by atoms with Crippen LogP contribution < -0.4 is 11.9 Å². The maximum atomic E-state index is 5.49. The molecule has 1 unspecified atom stereocenters. The summed E-state index contributed by atoms with van der Waals surface area (Å²) in [7, 11) is 2.75. The van der Waals surface area contributed by atoms with E-state index in [4.69, 9.17) is 5.73 Å². The lowest BCUT2D eigenvalue weighted by Gasteiger charge is -2.09. The van der Waals surface area contributed by atoms with E-state index in [1.165, 1.54) is 6.42 Å². The molecule has 0 amide bonds. The fourth-order valence-corrected chi connectivity index (χ4v) is 45.2. The molecular weight excluding hydrogens is 200 g/mol. The van der Waals surface area contributed by atoms with E-state index in [0.717, 1.165) is 6.54 Å². The van der Waals surface area contributed by atoms with Crippen molar-refractivity contribution in [2.24, 2.45) is 5.73 Å². The smallest absolute Gasteiger partial charge is 0.0205 e. The topological polar surface area (TPSA) is 61.0 Å². The average molecular weight is 225 g/mol. The Morgan fingerprint density at radius 1 is 1.55 bits per heavy atom. The molecule has 5 N–H and O–H groups in total. The Morgan fingerprint density at radius 2 is 2.18 bits per heavy atom. The highest BCUT2D eigenvalue weighted by molar-refractivity contribution is 7.45. The highest BCUT2D eigenvalue weighted by Gasteiger charge is 2.05. The molecule has 70 valence electrons. The summed E-state index contributed by atoms with van der Waals surface area (Å²) in [6.45, 7) is 3.35. The zero-order valence-electron chi connectivity index (χ0n) is 8.10. The standard InChI is InChI=1S/C5H21NSi4.H3N/c1-2-10(9-8-7)5-3-4-6;/h10H,2-6,8-9H2,1,7H3;1H3. The molecule has 0 aliphatic carbocycles. The van der Waals surface area contributed by atoms with Crippen molar-refractivity contribution in [1.29, 1.82) is 0 Å². The molecule has 0 aliphatic rings. The summed E-state index contributed by atoms with van der Waals surface area (Å²) in [5, 5.41) is 0. The lowest BCUT2D eigenvalue weighted by Crippen LogP contribution is -2.27. The first kappa shape index (κ1) is 14.3. The highest BCUT2D eigenvalue weighted by atomic mass is 29.7. The quantitative estimate of drug-likeness (QED) is 0.502. The maximum Gasteiger partial charge on any atom is 0.0205 e. The summed E-state index contributed by atoms with van der Waals surface area (Å²) in [4.78, 5) is 0. The first-order valence-corrected chi connectivity index (χ1v) is 19.1. The van der Waals surface area contributed by atoms with E-state index < -0.39 is 0 Å². The maximum absolute atomic E-state index is 5.49. The van der Waals surface area contributed by atoms with Crippen molar-refractivity contribution < 1.29 is 0 Å². The molecule has 0 spiro atoms. The SMILES string of the molecule is CC[SiH](CCCN)[SiH2][SiH2][SiH3].N. The van der Waals surface area contributed by atoms with Crippen molar-refractivity contribution in [2.75, 3.05) is 6.54 Å². The van der Waals surface area contributed by atoms with E-state index in [1.54, 1.807) is 21.8 Å². The normalized spacial score (nSPS) is 14.7. The summed E-state index contributed by atoms with van der Waals surface area (Å²) >= 11 is 0. The summed E-state index contributed by atoms with van der Waals surface area (Å²) in [6, 6.07) is 3.18. The van der Waals surface area contributed by atoms with Crippen LogP contribution in [0.4, 0.5) is 0 Å². The van der Waals surface area contributed by atoms with E-state index in [9.17, 15) is 0 Å². The van der Waals surface area contributed by atoms with Gasteiger partial charge in [0, 0.05) is 8.31 Å². The van der Waals surface area contributed by atoms with Crippen LogP contribution in [0.15, 0.2) is 0 Å². The second-order valence-electron chi connectivity index (χ2n) is 2.99. The first-order chi connectivity index (χ1) is 4.85. The van der Waals surface area contributed by atoms with Gasteiger partial charge in [-0.05, 0) is 39.8 Å². The second-order valence-corrected chi connectivity index (χ2v) is 30.1. The first-order valence-electron chi connectivity index (χ1n) is 4.55. The van der Waals surface area contributed by atoms with Gasteiger partial charge in [-0.3, -0.25) is 0 Å². The Morgan fingerprint density at radius 3 is 2.55 bits per heavy atom. The van der Waals surface area contributed by atoms with Crippen LogP contribution in [-0.2, 0) is 0 Å². The minimum atomic E-state index is -0.0753. The summed E-state index contributed by atoms with van der Waals surface area (Å²) in [6.07, 6.45) is 1.34. The zero-order valence-corrected chi connectivity index (χ0v) is 14.1. The van der Waals surface area contributed by atoms with Gasteiger partial charge in [-0.1, -0.05) is 19.0 Å². The van der Waals surface area contributed by atoms with Crippen molar-refractivity contribution >= 4 is 35.2 Å². The van der Waals surface area contributed by atoms with E-state index in [2.05, 4.69) is 6.92 Å². The average Bonchev–Trinajstić information content (AvgIpc) is 1.98. The van der Waals surface area contributed by atoms with Gasteiger partial charge >= 0.3 is 0 Å². The molecule has 0 aromatic rings. The molecule has 1 atom stereocenters. The molecule has 6 heteroatoms. The van der Waals surface area contributed by atoms with Gasteiger partial charge in [0.05, 0.1) is 0 Å². The van der Waals surface area contributed by atoms with E-state index in [-0.39, 0.29) is 14.5 Å². The molecule has 0 heterocycles. The molecule has 0 radical (unpaired) electrons. The third-order valence-electron chi connectivity index (χ3n) is 2.09. The van der Waals surface area contributed by atoms with Gasteiger partial charge in [0.1, 0.15) is 0 Å². The Kier molecular flexibility index (Phi) is 14.0. The third kappa shape index (κ3) is 8.70. The minimum Gasteiger partial charge on any atom is -0.344 e.